The Bertz CT molecular complexity index is 1110. The summed E-state index contributed by atoms with van der Waals surface area (Å²) in [4.78, 5) is 27.2. The molecule has 4 rings (SSSR count). The zero-order valence-corrected chi connectivity index (χ0v) is 16.9. The Morgan fingerprint density at radius 3 is 2.93 bits per heavy atom. The number of ether oxygens (including phenoxy) is 1. The normalized spacial score (nSPS) is 17.7. The Morgan fingerprint density at radius 2 is 2.17 bits per heavy atom. The molecule has 2 N–H and O–H groups in total. The maximum absolute atomic E-state index is 12.2. The molecule has 0 spiro atoms. The lowest BCUT2D eigenvalue weighted by atomic mass is 10.2. The largest absolute Gasteiger partial charge is 0.387 e. The first-order valence-corrected chi connectivity index (χ1v) is 9.60. The van der Waals surface area contributed by atoms with E-state index in [2.05, 4.69) is 9.98 Å². The first-order chi connectivity index (χ1) is 13.9. The number of nitrogens with two attached hydrogens (primary N) is 1. The fraction of sp³-hybridized carbons (Fsp3) is 0.300. The number of hydrogen-bond acceptors (Lipinski definition) is 5. The van der Waals surface area contributed by atoms with E-state index in [1.165, 1.54) is 0 Å². The van der Waals surface area contributed by atoms with Crippen LogP contribution in [0.5, 0.6) is 0 Å². The number of benzene rings is 1. The van der Waals surface area contributed by atoms with Crippen molar-refractivity contribution < 1.29 is 9.53 Å². The molecular formula is C20H21ClN6O2. The van der Waals surface area contributed by atoms with Crippen LogP contribution in [0.15, 0.2) is 41.5 Å². The SMILES string of the molecule is CC(N)=NC(=O)C1CN(c2cc(-c3nc4ccccc4n3C)c(Cl)cn2)CCO1. The molecule has 1 aliphatic heterocycles. The van der Waals surface area contributed by atoms with E-state index in [-0.39, 0.29) is 11.7 Å². The molecule has 0 saturated carbocycles. The van der Waals surface area contributed by atoms with Crippen LogP contribution in [0.1, 0.15) is 6.92 Å². The minimum absolute atomic E-state index is 0.212. The van der Waals surface area contributed by atoms with Crippen molar-refractivity contribution in [1.29, 1.82) is 0 Å². The monoisotopic (exact) mass is 412 g/mol. The van der Waals surface area contributed by atoms with Crippen molar-refractivity contribution in [3.8, 4) is 11.4 Å². The second kappa shape index (κ2) is 7.81. The fourth-order valence-electron chi connectivity index (χ4n) is 3.41. The van der Waals surface area contributed by atoms with Crippen molar-refractivity contribution in [3.63, 3.8) is 0 Å². The van der Waals surface area contributed by atoms with Gasteiger partial charge in [-0.25, -0.2) is 9.97 Å². The highest BCUT2D eigenvalue weighted by atomic mass is 35.5. The average molecular weight is 413 g/mol. The Morgan fingerprint density at radius 1 is 1.38 bits per heavy atom. The molecule has 1 fully saturated rings. The van der Waals surface area contributed by atoms with E-state index in [9.17, 15) is 4.79 Å². The van der Waals surface area contributed by atoms with Crippen molar-refractivity contribution in [2.45, 2.75) is 13.0 Å². The first-order valence-electron chi connectivity index (χ1n) is 9.22. The summed E-state index contributed by atoms with van der Waals surface area (Å²) in [7, 11) is 1.96. The summed E-state index contributed by atoms with van der Waals surface area (Å²) in [6.07, 6.45) is 0.930. The molecule has 8 nitrogen and oxygen atoms in total. The molecule has 3 aromatic rings. The predicted molar refractivity (Wildman–Crippen MR) is 113 cm³/mol. The minimum atomic E-state index is -0.682. The van der Waals surface area contributed by atoms with Crippen LogP contribution >= 0.6 is 11.6 Å². The summed E-state index contributed by atoms with van der Waals surface area (Å²) >= 11 is 6.46. The van der Waals surface area contributed by atoms with Gasteiger partial charge in [-0.2, -0.15) is 4.99 Å². The minimum Gasteiger partial charge on any atom is -0.387 e. The van der Waals surface area contributed by atoms with Crippen LogP contribution in [-0.4, -0.2) is 52.1 Å². The Kier molecular flexibility index (Phi) is 5.21. The van der Waals surface area contributed by atoms with Gasteiger partial charge in [0.25, 0.3) is 5.91 Å². The third-order valence-electron chi connectivity index (χ3n) is 4.82. The Labute approximate surface area is 173 Å². The molecule has 2 aromatic heterocycles. The number of amides is 1. The number of para-hydroxylation sites is 2. The molecule has 9 heteroatoms. The zero-order valence-electron chi connectivity index (χ0n) is 16.2. The zero-order chi connectivity index (χ0) is 20.5. The molecule has 150 valence electrons. The second-order valence-electron chi connectivity index (χ2n) is 6.90. The number of amidine groups is 1. The van der Waals surface area contributed by atoms with Gasteiger partial charge in [-0.3, -0.25) is 4.79 Å². The smallest absolute Gasteiger partial charge is 0.278 e. The molecule has 0 radical (unpaired) electrons. The predicted octanol–water partition coefficient (Wildman–Crippen LogP) is 2.40. The van der Waals surface area contributed by atoms with Crippen LogP contribution in [0.3, 0.4) is 0 Å². The number of pyridine rings is 1. The lowest BCUT2D eigenvalue weighted by molar-refractivity contribution is -0.129. The van der Waals surface area contributed by atoms with Crippen LogP contribution in [0, 0.1) is 0 Å². The maximum Gasteiger partial charge on any atom is 0.278 e. The first kappa shape index (κ1) is 19.4. The van der Waals surface area contributed by atoms with E-state index in [0.29, 0.717) is 30.5 Å². The number of carbonyl (C=O) groups excluding carboxylic acids is 1. The van der Waals surface area contributed by atoms with Crippen LogP contribution in [0.4, 0.5) is 5.82 Å². The van der Waals surface area contributed by atoms with E-state index in [1.807, 2.05) is 46.8 Å². The van der Waals surface area contributed by atoms with Gasteiger partial charge in [0.2, 0.25) is 0 Å². The molecule has 1 atom stereocenters. The van der Waals surface area contributed by atoms with Crippen LogP contribution in [0.2, 0.25) is 5.02 Å². The molecule has 1 aromatic carbocycles. The standard InChI is InChI=1S/C20H21ClN6O2/c1-12(22)24-20(28)17-11-27(7-8-29-17)18-9-13(14(21)10-23-18)19-25-15-5-3-4-6-16(15)26(19)2/h3-6,9-10,17H,7-8,11H2,1-2H3,(H2,22,24,28). The average Bonchev–Trinajstić information content (AvgIpc) is 3.05. The van der Waals surface area contributed by atoms with Crippen LogP contribution in [0.25, 0.3) is 22.4 Å². The van der Waals surface area contributed by atoms with Gasteiger partial charge in [-0.05, 0) is 25.1 Å². The fourth-order valence-corrected chi connectivity index (χ4v) is 3.60. The molecule has 29 heavy (non-hydrogen) atoms. The van der Waals surface area contributed by atoms with Gasteiger partial charge < -0.3 is 19.9 Å². The lowest BCUT2D eigenvalue weighted by Gasteiger charge is -2.32. The summed E-state index contributed by atoms with van der Waals surface area (Å²) < 4.78 is 7.57. The number of carbonyl (C=O) groups is 1. The lowest BCUT2D eigenvalue weighted by Crippen LogP contribution is -2.46. The molecule has 1 amide bonds. The van der Waals surface area contributed by atoms with E-state index >= 15 is 0 Å². The number of aromatic nitrogens is 3. The van der Waals surface area contributed by atoms with Gasteiger partial charge in [0.1, 0.15) is 11.6 Å². The highest BCUT2D eigenvalue weighted by molar-refractivity contribution is 6.33. The summed E-state index contributed by atoms with van der Waals surface area (Å²) in [6.45, 7) is 2.90. The number of hydrogen-bond donors (Lipinski definition) is 1. The van der Waals surface area contributed by atoms with Crippen molar-refractivity contribution in [1.82, 2.24) is 14.5 Å². The number of anilines is 1. The molecule has 1 unspecified atom stereocenters. The van der Waals surface area contributed by atoms with Crippen LogP contribution < -0.4 is 10.6 Å². The summed E-state index contributed by atoms with van der Waals surface area (Å²) in [5, 5.41) is 0.511. The Balaban J connectivity index is 1.67. The van der Waals surface area contributed by atoms with Gasteiger partial charge >= 0.3 is 0 Å². The Hall–Kier alpha value is -2.97. The quantitative estimate of drug-likeness (QED) is 0.524. The van der Waals surface area contributed by atoms with E-state index in [4.69, 9.17) is 27.1 Å². The van der Waals surface area contributed by atoms with Gasteiger partial charge in [0, 0.05) is 25.4 Å². The number of rotatable bonds is 3. The van der Waals surface area contributed by atoms with Crippen molar-refractivity contribution in [2.24, 2.45) is 17.8 Å². The number of halogens is 1. The maximum atomic E-state index is 12.2. The van der Waals surface area contributed by atoms with E-state index < -0.39 is 6.10 Å². The van der Waals surface area contributed by atoms with Gasteiger partial charge in [-0.1, -0.05) is 23.7 Å². The van der Waals surface area contributed by atoms with Gasteiger partial charge in [0.15, 0.2) is 6.10 Å². The number of fused-ring (bicyclic) bond motifs is 1. The van der Waals surface area contributed by atoms with Gasteiger partial charge in [0.05, 0.1) is 35.0 Å². The van der Waals surface area contributed by atoms with E-state index in [1.54, 1.807) is 13.1 Å². The highest BCUT2D eigenvalue weighted by Gasteiger charge is 2.28. The molecule has 0 aliphatic carbocycles. The highest BCUT2D eigenvalue weighted by Crippen LogP contribution is 2.32. The molecule has 3 heterocycles. The molecule has 1 aliphatic rings. The second-order valence-corrected chi connectivity index (χ2v) is 7.31. The summed E-state index contributed by atoms with van der Waals surface area (Å²) in [6, 6.07) is 9.81. The van der Waals surface area contributed by atoms with Gasteiger partial charge in [-0.15, -0.1) is 0 Å². The number of aliphatic imine (C=N–C) groups is 1. The van der Waals surface area contributed by atoms with Crippen molar-refractivity contribution >= 4 is 40.2 Å². The topological polar surface area (TPSA) is 98.6 Å². The molecule has 1 saturated heterocycles. The number of imidazole rings is 1. The van der Waals surface area contributed by atoms with Crippen molar-refractivity contribution in [2.75, 3.05) is 24.6 Å². The third-order valence-corrected chi connectivity index (χ3v) is 5.12. The van der Waals surface area contributed by atoms with Crippen LogP contribution in [-0.2, 0) is 16.6 Å². The number of aryl methyl sites for hydroxylation is 1. The third kappa shape index (κ3) is 3.81. The van der Waals surface area contributed by atoms with Crippen molar-refractivity contribution in [3.05, 3.63) is 41.6 Å². The summed E-state index contributed by atoms with van der Waals surface area (Å²) in [5.41, 5.74) is 8.21. The van der Waals surface area contributed by atoms with E-state index in [0.717, 1.165) is 22.4 Å². The molecule has 0 bridgehead atoms. The number of morpholine rings is 1. The number of nitrogens with zero attached hydrogens (tertiary/aromatic N) is 5. The summed E-state index contributed by atoms with van der Waals surface area (Å²) in [5.74, 6) is 1.28. The molecular weight excluding hydrogens is 392 g/mol.